The van der Waals surface area contributed by atoms with Crippen LogP contribution in [0.4, 0.5) is 0 Å². The van der Waals surface area contributed by atoms with Gasteiger partial charge in [-0.25, -0.2) is 4.78 Å². The highest BCUT2D eigenvalue weighted by Crippen LogP contribution is 1.91. The van der Waals surface area contributed by atoms with Crippen LogP contribution in [0.15, 0.2) is 24.3 Å². The Morgan fingerprint density at radius 1 is 1.22 bits per heavy atom. The van der Waals surface area contributed by atoms with Gasteiger partial charge < -0.3 is 0 Å². The van der Waals surface area contributed by atoms with Gasteiger partial charge in [0.2, 0.25) is 0 Å². The summed E-state index contributed by atoms with van der Waals surface area (Å²) in [6.45, 7) is 0. The van der Waals surface area contributed by atoms with Crippen molar-refractivity contribution < 1.29 is 4.79 Å². The number of hydrogen-bond acceptors (Lipinski definition) is 2. The van der Waals surface area contributed by atoms with Gasteiger partial charge in [0.05, 0.1) is 0 Å². The summed E-state index contributed by atoms with van der Waals surface area (Å²) in [6, 6.07) is 0. The molecule has 0 saturated carbocycles. The number of nitrogens with one attached hydrogen (secondary N) is 1. The summed E-state index contributed by atoms with van der Waals surface area (Å²) in [6.07, 6.45) is 6.19. The molecule has 1 rings (SSSR count). The Bertz CT molecular complexity index is 228. The minimum absolute atomic E-state index is 0.00667. The lowest BCUT2D eigenvalue weighted by atomic mass is 10.2. The predicted octanol–water partition coefficient (Wildman–Crippen LogP) is 0.699. The molecule has 0 fully saturated rings. The first kappa shape index (κ1) is 6.16. The van der Waals surface area contributed by atoms with Crippen LogP contribution in [-0.4, -0.2) is 10.6 Å². The Kier molecular flexibility index (Phi) is 1.75. The van der Waals surface area contributed by atoms with Gasteiger partial charge in [0, 0.05) is 4.86 Å². The number of rotatable bonds is 0. The van der Waals surface area contributed by atoms with Crippen molar-refractivity contribution in [1.82, 2.24) is 0 Å². The van der Waals surface area contributed by atoms with E-state index in [4.69, 9.17) is 4.78 Å². The van der Waals surface area contributed by atoms with E-state index in [2.05, 4.69) is 0 Å². The maximum Gasteiger partial charge on any atom is 0.178 e. The summed E-state index contributed by atoms with van der Waals surface area (Å²) in [5.74, 6) is -0.00667. The fourth-order valence-electron chi connectivity index (χ4n) is 0.508. The van der Waals surface area contributed by atoms with Crippen molar-refractivity contribution in [2.24, 2.45) is 0 Å². The highest BCUT2D eigenvalue weighted by Gasteiger charge is 1.95. The Morgan fingerprint density at radius 2 is 1.78 bits per heavy atom. The molecule has 0 saturated heterocycles. The summed E-state index contributed by atoms with van der Waals surface area (Å²) >= 11 is 0.889. The number of hydrogen-bond donors (Lipinski definition) is 1. The SMILES string of the molecule is N=S=C1C=CC(=O)C=C1. The van der Waals surface area contributed by atoms with Crippen molar-refractivity contribution in [3.63, 3.8) is 0 Å². The highest BCUT2D eigenvalue weighted by atomic mass is 32.1. The van der Waals surface area contributed by atoms with Gasteiger partial charge in [-0.15, -0.1) is 0 Å². The number of carbonyl (C=O) groups is 1. The third-order valence-corrected chi connectivity index (χ3v) is 1.45. The van der Waals surface area contributed by atoms with Crippen LogP contribution in [0.3, 0.4) is 0 Å². The maximum absolute atomic E-state index is 10.5. The van der Waals surface area contributed by atoms with Gasteiger partial charge in [-0.2, -0.15) is 0 Å². The van der Waals surface area contributed by atoms with E-state index < -0.39 is 0 Å². The van der Waals surface area contributed by atoms with Crippen LogP contribution in [0.25, 0.3) is 0 Å². The van der Waals surface area contributed by atoms with E-state index in [0.717, 1.165) is 16.0 Å². The Morgan fingerprint density at radius 3 is 2.22 bits per heavy atom. The van der Waals surface area contributed by atoms with Gasteiger partial charge in [-0.05, 0) is 35.5 Å². The van der Waals surface area contributed by atoms with E-state index in [0.29, 0.717) is 0 Å². The minimum Gasteiger partial charge on any atom is -0.290 e. The Labute approximate surface area is 56.4 Å². The number of allylic oxidation sites excluding steroid dienone is 4. The standard InChI is InChI=1S/C6H5NOS/c7-9-6-3-1-5(8)2-4-6/h1-4,7H. The molecule has 1 aliphatic rings. The molecule has 2 nitrogen and oxygen atoms in total. The summed E-state index contributed by atoms with van der Waals surface area (Å²) in [7, 11) is 0. The van der Waals surface area contributed by atoms with E-state index in [1.54, 1.807) is 12.2 Å². The van der Waals surface area contributed by atoms with Crippen LogP contribution in [0.2, 0.25) is 0 Å². The molecule has 0 heterocycles. The zero-order valence-electron chi connectivity index (χ0n) is 4.63. The molecule has 3 heteroatoms. The van der Waals surface area contributed by atoms with Crippen LogP contribution in [0.5, 0.6) is 0 Å². The van der Waals surface area contributed by atoms with E-state index >= 15 is 0 Å². The first-order chi connectivity index (χ1) is 4.33. The normalized spacial score (nSPS) is 16.4. The van der Waals surface area contributed by atoms with Crippen molar-refractivity contribution in [3.8, 4) is 0 Å². The summed E-state index contributed by atoms with van der Waals surface area (Å²) in [5, 5.41) is 0. The van der Waals surface area contributed by atoms with Crippen LogP contribution < -0.4 is 0 Å². The first-order valence-electron chi connectivity index (χ1n) is 2.43. The third-order valence-electron chi connectivity index (χ3n) is 0.942. The van der Waals surface area contributed by atoms with E-state index in [1.165, 1.54) is 12.2 Å². The monoisotopic (exact) mass is 139 g/mol. The summed E-state index contributed by atoms with van der Waals surface area (Å²) < 4.78 is 6.83. The zero-order valence-corrected chi connectivity index (χ0v) is 5.44. The molecule has 0 spiro atoms. The largest absolute Gasteiger partial charge is 0.290 e. The van der Waals surface area contributed by atoms with Gasteiger partial charge in [-0.1, -0.05) is 0 Å². The highest BCUT2D eigenvalue weighted by molar-refractivity contribution is 7.68. The van der Waals surface area contributed by atoms with Crippen molar-refractivity contribution in [2.75, 3.05) is 0 Å². The minimum atomic E-state index is -0.00667. The molecule has 0 amide bonds. The molecule has 0 bridgehead atoms. The van der Waals surface area contributed by atoms with Gasteiger partial charge in [0.1, 0.15) is 0 Å². The van der Waals surface area contributed by atoms with Crippen molar-refractivity contribution >= 4 is 21.8 Å². The molecule has 1 aliphatic carbocycles. The zero-order chi connectivity index (χ0) is 6.69. The molecule has 46 valence electrons. The van der Waals surface area contributed by atoms with E-state index in [9.17, 15) is 4.79 Å². The van der Waals surface area contributed by atoms with Crippen LogP contribution in [0, 0.1) is 4.78 Å². The second-order valence-electron chi connectivity index (χ2n) is 1.57. The molecule has 0 radical (unpaired) electrons. The molecule has 0 aliphatic heterocycles. The first-order valence-corrected chi connectivity index (χ1v) is 3.25. The molecule has 0 unspecified atom stereocenters. The molecule has 0 atom stereocenters. The van der Waals surface area contributed by atoms with Gasteiger partial charge in [0.25, 0.3) is 0 Å². The Balaban J connectivity index is 2.94. The molecule has 1 N–H and O–H groups in total. The topological polar surface area (TPSA) is 40.9 Å². The second-order valence-corrected chi connectivity index (χ2v) is 2.25. The fraction of sp³-hybridized carbons (Fsp3) is 0. The number of carbonyl (C=O) groups excluding carboxylic acids is 1. The lowest BCUT2D eigenvalue weighted by Crippen LogP contribution is -1.97. The average Bonchev–Trinajstić information content (AvgIpc) is 1.90. The fourth-order valence-corrected chi connectivity index (χ4v) is 0.780. The summed E-state index contributed by atoms with van der Waals surface area (Å²) in [5.41, 5.74) is 0. The van der Waals surface area contributed by atoms with Gasteiger partial charge >= 0.3 is 0 Å². The second kappa shape index (κ2) is 2.55. The number of ketones is 1. The molecule has 0 aromatic carbocycles. The van der Waals surface area contributed by atoms with E-state index in [-0.39, 0.29) is 5.78 Å². The lowest BCUT2D eigenvalue weighted by molar-refractivity contribution is -0.110. The predicted molar refractivity (Wildman–Crippen MR) is 38.4 cm³/mol. The maximum atomic E-state index is 10.5. The molecular weight excluding hydrogens is 134 g/mol. The molecule has 0 aromatic rings. The van der Waals surface area contributed by atoms with Crippen molar-refractivity contribution in [2.45, 2.75) is 0 Å². The smallest absolute Gasteiger partial charge is 0.178 e. The van der Waals surface area contributed by atoms with Crippen LogP contribution in [-0.2, 0) is 15.9 Å². The summed E-state index contributed by atoms with van der Waals surface area (Å²) in [4.78, 5) is 11.3. The lowest BCUT2D eigenvalue weighted by Gasteiger charge is -1.91. The van der Waals surface area contributed by atoms with E-state index in [1.807, 2.05) is 0 Å². The molecular formula is C6H5NOS. The molecule has 9 heavy (non-hydrogen) atoms. The third kappa shape index (κ3) is 1.47. The van der Waals surface area contributed by atoms with Gasteiger partial charge in [-0.3, -0.25) is 4.79 Å². The van der Waals surface area contributed by atoms with Crippen molar-refractivity contribution in [3.05, 3.63) is 24.3 Å². The van der Waals surface area contributed by atoms with Crippen LogP contribution in [0.1, 0.15) is 0 Å². The molecule has 0 aromatic heterocycles. The van der Waals surface area contributed by atoms with Crippen molar-refractivity contribution in [1.29, 1.82) is 4.78 Å². The van der Waals surface area contributed by atoms with Crippen LogP contribution >= 0.6 is 0 Å². The average molecular weight is 139 g/mol. The quantitative estimate of drug-likeness (QED) is 0.493. The Hall–Kier alpha value is -0.960. The van der Waals surface area contributed by atoms with Gasteiger partial charge in [0.15, 0.2) is 5.78 Å².